The summed E-state index contributed by atoms with van der Waals surface area (Å²) in [5.74, 6) is -0.210. The molecule has 12 heavy (non-hydrogen) atoms. The van der Waals surface area contributed by atoms with E-state index in [0.717, 1.165) is 25.7 Å². The van der Waals surface area contributed by atoms with E-state index in [1.165, 1.54) is 0 Å². The van der Waals surface area contributed by atoms with E-state index >= 15 is 0 Å². The Morgan fingerprint density at radius 2 is 1.92 bits per heavy atom. The number of hydrogen-bond donors (Lipinski definition) is 2. The fourth-order valence-corrected chi connectivity index (χ4v) is 1.89. The Hall–Kier alpha value is -0.570. The largest absolute Gasteiger partial charge is 0.481 e. The van der Waals surface area contributed by atoms with Crippen LogP contribution < -0.4 is 5.73 Å². The lowest BCUT2D eigenvalue weighted by Crippen LogP contribution is -2.31. The van der Waals surface area contributed by atoms with Crippen molar-refractivity contribution < 1.29 is 9.90 Å². The number of carbonyl (C=O) groups is 1. The predicted molar refractivity (Wildman–Crippen MR) is 46.7 cm³/mol. The second-order valence-corrected chi connectivity index (χ2v) is 3.81. The molecule has 1 unspecified atom stereocenters. The highest BCUT2D eigenvalue weighted by Crippen LogP contribution is 2.30. The van der Waals surface area contributed by atoms with Crippen molar-refractivity contribution in [3.63, 3.8) is 0 Å². The Morgan fingerprint density at radius 1 is 1.42 bits per heavy atom. The molecule has 1 aliphatic carbocycles. The lowest BCUT2D eigenvalue weighted by Gasteiger charge is -2.28. The molecular formula is C9H17NO2. The van der Waals surface area contributed by atoms with Crippen molar-refractivity contribution in [2.45, 2.75) is 38.6 Å². The first-order valence-electron chi connectivity index (χ1n) is 4.59. The SMILES string of the molecule is CC(N)C1CCC(C(=O)O)CC1. The maximum atomic E-state index is 10.6. The quantitative estimate of drug-likeness (QED) is 0.656. The van der Waals surface area contributed by atoms with Crippen LogP contribution in [-0.4, -0.2) is 17.1 Å². The third-order valence-electron chi connectivity index (χ3n) is 2.86. The Bertz CT molecular complexity index is 160. The molecule has 0 saturated heterocycles. The van der Waals surface area contributed by atoms with E-state index in [1.807, 2.05) is 6.92 Å². The van der Waals surface area contributed by atoms with Gasteiger partial charge >= 0.3 is 5.97 Å². The van der Waals surface area contributed by atoms with Gasteiger partial charge in [0.05, 0.1) is 5.92 Å². The zero-order valence-corrected chi connectivity index (χ0v) is 7.49. The van der Waals surface area contributed by atoms with Crippen molar-refractivity contribution in [1.29, 1.82) is 0 Å². The van der Waals surface area contributed by atoms with Gasteiger partial charge in [0.15, 0.2) is 0 Å². The van der Waals surface area contributed by atoms with Crippen LogP contribution in [0.1, 0.15) is 32.6 Å². The molecule has 0 heterocycles. The first-order chi connectivity index (χ1) is 5.61. The number of hydrogen-bond acceptors (Lipinski definition) is 2. The van der Waals surface area contributed by atoms with E-state index in [-0.39, 0.29) is 12.0 Å². The van der Waals surface area contributed by atoms with Gasteiger partial charge in [0.1, 0.15) is 0 Å². The summed E-state index contributed by atoms with van der Waals surface area (Å²) in [6.45, 7) is 2.01. The first kappa shape index (κ1) is 9.52. The van der Waals surface area contributed by atoms with Crippen LogP contribution >= 0.6 is 0 Å². The smallest absolute Gasteiger partial charge is 0.306 e. The van der Waals surface area contributed by atoms with Crippen LogP contribution in [0.5, 0.6) is 0 Å². The zero-order valence-electron chi connectivity index (χ0n) is 7.49. The van der Waals surface area contributed by atoms with Gasteiger partial charge in [-0.1, -0.05) is 0 Å². The van der Waals surface area contributed by atoms with Crippen molar-refractivity contribution in [1.82, 2.24) is 0 Å². The molecule has 3 N–H and O–H groups in total. The van der Waals surface area contributed by atoms with Gasteiger partial charge in [0, 0.05) is 6.04 Å². The van der Waals surface area contributed by atoms with Crippen LogP contribution in [0.15, 0.2) is 0 Å². The molecule has 0 aromatic heterocycles. The first-order valence-corrected chi connectivity index (χ1v) is 4.59. The summed E-state index contributed by atoms with van der Waals surface area (Å²) < 4.78 is 0. The number of carboxylic acid groups (broad SMARTS) is 1. The highest BCUT2D eigenvalue weighted by atomic mass is 16.4. The summed E-state index contributed by atoms with van der Waals surface area (Å²) >= 11 is 0. The number of rotatable bonds is 2. The van der Waals surface area contributed by atoms with Gasteiger partial charge in [-0.05, 0) is 38.5 Å². The van der Waals surface area contributed by atoms with Crippen molar-refractivity contribution in [2.75, 3.05) is 0 Å². The van der Waals surface area contributed by atoms with Gasteiger partial charge in [0.25, 0.3) is 0 Å². The monoisotopic (exact) mass is 171 g/mol. The van der Waals surface area contributed by atoms with Gasteiger partial charge in [-0.25, -0.2) is 0 Å². The molecule has 3 nitrogen and oxygen atoms in total. The molecule has 3 heteroatoms. The summed E-state index contributed by atoms with van der Waals surface area (Å²) in [6.07, 6.45) is 3.58. The van der Waals surface area contributed by atoms with Gasteiger partial charge in [-0.3, -0.25) is 4.79 Å². The highest BCUT2D eigenvalue weighted by molar-refractivity contribution is 5.69. The van der Waals surface area contributed by atoms with E-state index in [2.05, 4.69) is 0 Å². The minimum atomic E-state index is -0.641. The van der Waals surface area contributed by atoms with E-state index < -0.39 is 5.97 Å². The summed E-state index contributed by atoms with van der Waals surface area (Å²) in [5.41, 5.74) is 5.74. The average Bonchev–Trinajstić information content (AvgIpc) is 2.04. The molecule has 0 aromatic rings. The van der Waals surface area contributed by atoms with E-state index in [4.69, 9.17) is 10.8 Å². The summed E-state index contributed by atoms with van der Waals surface area (Å²) in [6, 6.07) is 0.222. The number of aliphatic carboxylic acids is 1. The summed E-state index contributed by atoms with van der Waals surface area (Å²) in [7, 11) is 0. The fraction of sp³-hybridized carbons (Fsp3) is 0.889. The van der Waals surface area contributed by atoms with E-state index in [0.29, 0.717) is 5.92 Å². The fourth-order valence-electron chi connectivity index (χ4n) is 1.89. The molecule has 1 fully saturated rings. The van der Waals surface area contributed by atoms with Crippen LogP contribution in [0, 0.1) is 11.8 Å². The average molecular weight is 171 g/mol. The molecule has 0 spiro atoms. The summed E-state index contributed by atoms with van der Waals surface area (Å²) in [4.78, 5) is 10.6. The maximum Gasteiger partial charge on any atom is 0.306 e. The van der Waals surface area contributed by atoms with Crippen LogP contribution in [-0.2, 0) is 4.79 Å². The van der Waals surface area contributed by atoms with Crippen LogP contribution in [0.2, 0.25) is 0 Å². The molecule has 70 valence electrons. The van der Waals surface area contributed by atoms with Crippen molar-refractivity contribution in [3.8, 4) is 0 Å². The van der Waals surface area contributed by atoms with Crippen molar-refractivity contribution in [2.24, 2.45) is 17.6 Å². The lowest BCUT2D eigenvalue weighted by atomic mass is 9.79. The van der Waals surface area contributed by atoms with Gasteiger partial charge in [-0.15, -0.1) is 0 Å². The number of carboxylic acids is 1. The number of nitrogens with two attached hydrogens (primary N) is 1. The molecule has 0 aromatic carbocycles. The third-order valence-corrected chi connectivity index (χ3v) is 2.86. The van der Waals surface area contributed by atoms with Crippen LogP contribution in [0.25, 0.3) is 0 Å². The Labute approximate surface area is 72.9 Å². The van der Waals surface area contributed by atoms with Gasteiger partial charge in [-0.2, -0.15) is 0 Å². The molecule has 0 bridgehead atoms. The molecule has 0 radical (unpaired) electrons. The van der Waals surface area contributed by atoms with E-state index in [9.17, 15) is 4.79 Å². The second kappa shape index (κ2) is 3.90. The molecule has 1 rings (SSSR count). The van der Waals surface area contributed by atoms with Crippen LogP contribution in [0.4, 0.5) is 0 Å². The molecule has 0 amide bonds. The highest BCUT2D eigenvalue weighted by Gasteiger charge is 2.27. The van der Waals surface area contributed by atoms with Gasteiger partial charge in [0.2, 0.25) is 0 Å². The Morgan fingerprint density at radius 3 is 2.25 bits per heavy atom. The molecular weight excluding hydrogens is 154 g/mol. The minimum Gasteiger partial charge on any atom is -0.481 e. The van der Waals surface area contributed by atoms with Crippen molar-refractivity contribution >= 4 is 5.97 Å². The molecule has 1 aliphatic rings. The topological polar surface area (TPSA) is 63.3 Å². The normalized spacial score (nSPS) is 32.8. The van der Waals surface area contributed by atoms with Crippen molar-refractivity contribution in [3.05, 3.63) is 0 Å². The molecule has 1 saturated carbocycles. The molecule has 0 aliphatic heterocycles. The Balaban J connectivity index is 2.34. The Kier molecular flexibility index (Phi) is 3.09. The zero-order chi connectivity index (χ0) is 9.14. The standard InChI is InChI=1S/C9H17NO2/c1-6(10)7-2-4-8(5-3-7)9(11)12/h6-8H,2-5,10H2,1H3,(H,11,12). The van der Waals surface area contributed by atoms with Crippen LogP contribution in [0.3, 0.4) is 0 Å². The third kappa shape index (κ3) is 2.21. The predicted octanol–water partition coefficient (Wildman–Crippen LogP) is 1.22. The maximum absolute atomic E-state index is 10.6. The minimum absolute atomic E-state index is 0.111. The second-order valence-electron chi connectivity index (χ2n) is 3.81. The summed E-state index contributed by atoms with van der Waals surface area (Å²) in [5, 5.41) is 8.73. The lowest BCUT2D eigenvalue weighted by molar-refractivity contribution is -0.143. The van der Waals surface area contributed by atoms with Gasteiger partial charge < -0.3 is 10.8 Å². The molecule has 1 atom stereocenters. The van der Waals surface area contributed by atoms with E-state index in [1.54, 1.807) is 0 Å².